The summed E-state index contributed by atoms with van der Waals surface area (Å²) in [4.78, 5) is 27.8. The van der Waals surface area contributed by atoms with Gasteiger partial charge in [0.1, 0.15) is 12.4 Å². The third kappa shape index (κ3) is 5.26. The van der Waals surface area contributed by atoms with Crippen LogP contribution in [0, 0.1) is 5.82 Å². The Morgan fingerprint density at radius 3 is 2.69 bits per heavy atom. The Balaban J connectivity index is 1.57. The number of hydrogen-bond acceptors (Lipinski definition) is 4. The maximum Gasteiger partial charge on any atom is 0.267 e. The second-order valence-electron chi connectivity index (χ2n) is 9.44. The molecule has 2 aliphatic rings. The molecule has 1 aromatic carbocycles. The van der Waals surface area contributed by atoms with Gasteiger partial charge in [-0.15, -0.1) is 0 Å². The maximum atomic E-state index is 14.3. The van der Waals surface area contributed by atoms with Crippen molar-refractivity contribution in [2.24, 2.45) is 0 Å². The van der Waals surface area contributed by atoms with E-state index in [2.05, 4.69) is 22.2 Å². The summed E-state index contributed by atoms with van der Waals surface area (Å²) in [5, 5.41) is 7.60. The van der Waals surface area contributed by atoms with E-state index in [4.69, 9.17) is 0 Å². The second kappa shape index (κ2) is 9.53. The van der Waals surface area contributed by atoms with Crippen molar-refractivity contribution < 1.29 is 9.18 Å². The highest BCUT2D eigenvalue weighted by molar-refractivity contribution is 5.76. The number of aromatic nitrogens is 2. The van der Waals surface area contributed by atoms with Crippen molar-refractivity contribution in [3.8, 4) is 11.1 Å². The first-order valence-corrected chi connectivity index (χ1v) is 11.8. The van der Waals surface area contributed by atoms with Gasteiger partial charge in [-0.1, -0.05) is 26.8 Å². The van der Waals surface area contributed by atoms with E-state index in [9.17, 15) is 14.0 Å². The van der Waals surface area contributed by atoms with Gasteiger partial charge in [0.15, 0.2) is 0 Å². The summed E-state index contributed by atoms with van der Waals surface area (Å²) < 4.78 is 15.5. The molecule has 1 aliphatic carbocycles. The van der Waals surface area contributed by atoms with Crippen LogP contribution >= 0.6 is 0 Å². The molecule has 32 heavy (non-hydrogen) atoms. The number of benzene rings is 1. The molecular formula is C25H33FN4O2. The molecule has 4 rings (SSSR count). The number of likely N-dealkylation sites (tertiary alicyclic amines) is 1. The summed E-state index contributed by atoms with van der Waals surface area (Å²) in [6.07, 6.45) is 4.15. The molecule has 1 N–H and O–H groups in total. The normalized spacial score (nSPS) is 19.3. The minimum atomic E-state index is -0.351. The van der Waals surface area contributed by atoms with Crippen molar-refractivity contribution in [2.45, 2.75) is 70.9 Å². The van der Waals surface area contributed by atoms with Gasteiger partial charge in [-0.05, 0) is 73.9 Å². The van der Waals surface area contributed by atoms with E-state index in [1.165, 1.54) is 16.8 Å². The van der Waals surface area contributed by atoms with Gasteiger partial charge >= 0.3 is 0 Å². The number of rotatable bonds is 7. The topological polar surface area (TPSA) is 67.2 Å². The highest BCUT2D eigenvalue weighted by Gasteiger charge is 2.26. The first-order chi connectivity index (χ1) is 15.3. The molecule has 7 heteroatoms. The van der Waals surface area contributed by atoms with E-state index >= 15 is 0 Å². The lowest BCUT2D eigenvalue weighted by Gasteiger charge is -2.32. The molecule has 0 spiro atoms. The van der Waals surface area contributed by atoms with Gasteiger partial charge < -0.3 is 10.2 Å². The van der Waals surface area contributed by atoms with Crippen molar-refractivity contribution in [3.05, 3.63) is 51.7 Å². The molecule has 1 saturated heterocycles. The van der Waals surface area contributed by atoms with Gasteiger partial charge in [0, 0.05) is 24.2 Å². The summed E-state index contributed by atoms with van der Waals surface area (Å²) >= 11 is 0. The van der Waals surface area contributed by atoms with E-state index in [-0.39, 0.29) is 35.8 Å². The lowest BCUT2D eigenvalue weighted by molar-refractivity contribution is -0.123. The van der Waals surface area contributed by atoms with Crippen molar-refractivity contribution in [3.63, 3.8) is 0 Å². The first kappa shape index (κ1) is 22.6. The fourth-order valence-corrected chi connectivity index (χ4v) is 4.57. The minimum absolute atomic E-state index is 0.0176. The Morgan fingerprint density at radius 2 is 2.00 bits per heavy atom. The number of likely N-dealkylation sites (N-methyl/N-ethyl adjacent to an activating group) is 1. The lowest BCUT2D eigenvalue weighted by atomic mass is 9.96. The number of carbonyl (C=O) groups is 1. The van der Waals surface area contributed by atoms with Crippen molar-refractivity contribution in [1.82, 2.24) is 20.0 Å². The summed E-state index contributed by atoms with van der Waals surface area (Å²) in [5.74, 6) is -0.0699. The molecule has 2 heterocycles. The van der Waals surface area contributed by atoms with Crippen molar-refractivity contribution in [1.29, 1.82) is 0 Å². The zero-order valence-corrected chi connectivity index (χ0v) is 19.2. The first-order valence-electron chi connectivity index (χ1n) is 11.8. The van der Waals surface area contributed by atoms with Gasteiger partial charge in [0.25, 0.3) is 5.56 Å². The fraction of sp³-hybridized carbons (Fsp3) is 0.560. The predicted octanol–water partition coefficient (Wildman–Crippen LogP) is 3.65. The smallest absolute Gasteiger partial charge is 0.267 e. The van der Waals surface area contributed by atoms with E-state index < -0.39 is 0 Å². The number of amides is 1. The Morgan fingerprint density at radius 1 is 1.22 bits per heavy atom. The molecule has 6 nitrogen and oxygen atoms in total. The lowest BCUT2D eigenvalue weighted by Crippen LogP contribution is -2.48. The Bertz CT molecular complexity index is 1040. The number of nitrogens with one attached hydrogen (secondary N) is 1. The molecule has 172 valence electrons. The molecule has 0 unspecified atom stereocenters. The van der Waals surface area contributed by atoms with Crippen LogP contribution in [-0.4, -0.2) is 46.3 Å². The van der Waals surface area contributed by atoms with Crippen LogP contribution in [0.1, 0.15) is 69.5 Å². The number of halogens is 1. The van der Waals surface area contributed by atoms with E-state index in [0.717, 1.165) is 50.9 Å². The predicted molar refractivity (Wildman–Crippen MR) is 123 cm³/mol. The van der Waals surface area contributed by atoms with Crippen LogP contribution < -0.4 is 10.9 Å². The van der Waals surface area contributed by atoms with E-state index in [1.807, 2.05) is 19.9 Å². The van der Waals surface area contributed by atoms with Gasteiger partial charge in [0.2, 0.25) is 5.91 Å². The highest BCUT2D eigenvalue weighted by atomic mass is 19.1. The van der Waals surface area contributed by atoms with Gasteiger partial charge in [-0.2, -0.15) is 5.10 Å². The minimum Gasteiger partial charge on any atom is -0.350 e. The van der Waals surface area contributed by atoms with Crippen LogP contribution in [0.3, 0.4) is 0 Å². The molecule has 1 saturated carbocycles. The number of carbonyl (C=O) groups excluding carboxylic acids is 1. The van der Waals surface area contributed by atoms with Crippen molar-refractivity contribution in [2.75, 3.05) is 19.6 Å². The van der Waals surface area contributed by atoms with E-state index in [0.29, 0.717) is 22.7 Å². The quantitative estimate of drug-likeness (QED) is 0.714. The largest absolute Gasteiger partial charge is 0.350 e. The fourth-order valence-electron chi connectivity index (χ4n) is 4.57. The third-order valence-electron chi connectivity index (χ3n) is 6.46. The molecule has 0 radical (unpaired) electrons. The summed E-state index contributed by atoms with van der Waals surface area (Å²) in [6.45, 7) is 8.85. The van der Waals surface area contributed by atoms with Crippen molar-refractivity contribution >= 4 is 5.91 Å². The average Bonchev–Trinajstić information content (AvgIpc) is 3.60. The number of nitrogens with zero attached hydrogens (tertiary/aromatic N) is 3. The third-order valence-corrected chi connectivity index (χ3v) is 6.46. The molecule has 2 fully saturated rings. The molecule has 1 aliphatic heterocycles. The molecule has 1 amide bonds. The zero-order chi connectivity index (χ0) is 22.8. The van der Waals surface area contributed by atoms with Crippen LogP contribution in [0.2, 0.25) is 0 Å². The maximum absolute atomic E-state index is 14.3. The standard InChI is InChI=1S/C25H33FN4O2/c1-4-29-9-5-6-21(14-29)27-23(31)15-30-24(32)13-22(25(28-30)16(2)3)19-10-18(17-7-8-17)11-20(26)12-19/h10-13,16-17,21H,4-9,14-15H2,1-3H3,(H,27,31)/t21-/m0/s1. The van der Waals surface area contributed by atoms with Crippen LogP contribution in [0.25, 0.3) is 11.1 Å². The number of piperidine rings is 1. The Hall–Kier alpha value is -2.54. The molecule has 0 bridgehead atoms. The van der Waals surface area contributed by atoms with E-state index in [1.54, 1.807) is 6.07 Å². The SMILES string of the molecule is CCN1CCC[C@H](NC(=O)Cn2nc(C(C)C)c(-c3cc(F)cc(C4CC4)c3)cc2=O)C1. The molecule has 1 atom stereocenters. The van der Waals surface area contributed by atoms with Crippen LogP contribution in [0.5, 0.6) is 0 Å². The van der Waals surface area contributed by atoms with Crippen LogP contribution in [-0.2, 0) is 11.3 Å². The van der Waals surface area contributed by atoms with Gasteiger partial charge in [-0.3, -0.25) is 9.59 Å². The summed E-state index contributed by atoms with van der Waals surface area (Å²) in [6, 6.07) is 6.63. The molecule has 1 aromatic heterocycles. The summed E-state index contributed by atoms with van der Waals surface area (Å²) in [7, 11) is 0. The molecular weight excluding hydrogens is 407 g/mol. The van der Waals surface area contributed by atoms with Gasteiger partial charge in [-0.25, -0.2) is 9.07 Å². The monoisotopic (exact) mass is 440 g/mol. The van der Waals surface area contributed by atoms with Crippen LogP contribution in [0.15, 0.2) is 29.1 Å². The van der Waals surface area contributed by atoms with Gasteiger partial charge in [0.05, 0.1) is 5.69 Å². The number of hydrogen-bond donors (Lipinski definition) is 1. The zero-order valence-electron chi connectivity index (χ0n) is 19.2. The Labute approximate surface area is 188 Å². The molecule has 2 aromatic rings. The summed E-state index contributed by atoms with van der Waals surface area (Å²) in [5.41, 5.74) is 2.65. The second-order valence-corrected chi connectivity index (χ2v) is 9.44. The average molecular weight is 441 g/mol. The highest BCUT2D eigenvalue weighted by Crippen LogP contribution is 2.42. The van der Waals surface area contributed by atoms with Crippen LogP contribution in [0.4, 0.5) is 4.39 Å². The Kier molecular flexibility index (Phi) is 6.74.